The number of guanidine groups is 1. The number of nitrogens with zero attached hydrogens (tertiary/aromatic N) is 1. The van der Waals surface area contributed by atoms with Gasteiger partial charge in [0.15, 0.2) is 5.96 Å². The molecule has 1 saturated heterocycles. The third kappa shape index (κ3) is 4.69. The number of alkyl halides is 3. The lowest BCUT2D eigenvalue weighted by molar-refractivity contribution is -0.140. The second-order valence-electron chi connectivity index (χ2n) is 6.36. The van der Waals surface area contributed by atoms with Crippen molar-refractivity contribution in [3.05, 3.63) is 53.1 Å². The molecule has 14 heteroatoms. The van der Waals surface area contributed by atoms with Gasteiger partial charge in [0.1, 0.15) is 11.1 Å². The summed E-state index contributed by atoms with van der Waals surface area (Å²) in [6.07, 6.45) is -5.96. The summed E-state index contributed by atoms with van der Waals surface area (Å²) in [6.45, 7) is 0.213. The molecule has 10 N–H and O–H groups in total. The molecule has 10 nitrogen and oxygen atoms in total. The van der Waals surface area contributed by atoms with Crippen LogP contribution in [0.1, 0.15) is 22.9 Å². The second-order valence-corrected chi connectivity index (χ2v) is 7.85. The van der Waals surface area contributed by atoms with Gasteiger partial charge in [-0.05, 0) is 22.8 Å². The Labute approximate surface area is 169 Å². The summed E-state index contributed by atoms with van der Waals surface area (Å²) in [5.41, 5.74) is 20.6. The molecule has 0 spiro atoms. The number of hydrazine groups is 3. The molecule has 0 aromatic heterocycles. The lowest BCUT2D eigenvalue weighted by atomic mass is 9.94. The van der Waals surface area contributed by atoms with Crippen LogP contribution < -0.4 is 38.5 Å². The van der Waals surface area contributed by atoms with Crippen LogP contribution in [-0.4, -0.2) is 14.4 Å². The molecule has 1 aliphatic heterocycles. The maximum Gasteiger partial charge on any atom is 0.417 e. The highest BCUT2D eigenvalue weighted by atomic mass is 32.2. The summed E-state index contributed by atoms with van der Waals surface area (Å²) in [7, 11) is -4.74. The molecule has 0 amide bonds. The highest BCUT2D eigenvalue weighted by Gasteiger charge is 2.40. The van der Waals surface area contributed by atoms with Crippen LogP contribution in [0.3, 0.4) is 0 Å². The first-order valence-electron chi connectivity index (χ1n) is 8.41. The van der Waals surface area contributed by atoms with Crippen LogP contribution in [0.25, 0.3) is 11.1 Å². The number of nitrogens with one attached hydrogen (secondary N) is 4. The molecule has 0 aliphatic carbocycles. The van der Waals surface area contributed by atoms with Gasteiger partial charge in [0.25, 0.3) is 0 Å². The summed E-state index contributed by atoms with van der Waals surface area (Å²) >= 11 is 0. The minimum absolute atomic E-state index is 0.0831. The van der Waals surface area contributed by atoms with Crippen molar-refractivity contribution in [2.45, 2.75) is 23.8 Å². The van der Waals surface area contributed by atoms with Crippen molar-refractivity contribution in [2.75, 3.05) is 0 Å². The average Bonchev–Trinajstić information content (AvgIpc) is 3.18. The Balaban J connectivity index is 2.21. The van der Waals surface area contributed by atoms with Gasteiger partial charge in [0, 0.05) is 5.56 Å². The Morgan fingerprint density at radius 1 is 1.03 bits per heavy atom. The van der Waals surface area contributed by atoms with Crippen molar-refractivity contribution in [3.63, 3.8) is 0 Å². The summed E-state index contributed by atoms with van der Waals surface area (Å²) in [5, 5.41) is 5.20. The van der Waals surface area contributed by atoms with Crippen LogP contribution >= 0.6 is 0 Å². The maximum absolute atomic E-state index is 13.6. The first-order chi connectivity index (χ1) is 14.0. The van der Waals surface area contributed by atoms with E-state index < -0.39 is 32.8 Å². The Morgan fingerprint density at radius 3 is 2.13 bits per heavy atom. The lowest BCUT2D eigenvalue weighted by Gasteiger charge is -2.22. The zero-order valence-electron chi connectivity index (χ0n) is 15.3. The van der Waals surface area contributed by atoms with Gasteiger partial charge in [-0.15, -0.1) is 0 Å². The number of nitrogens with two attached hydrogens (primary N) is 3. The van der Waals surface area contributed by atoms with E-state index in [1.54, 1.807) is 24.3 Å². The Kier molecular flexibility index (Phi) is 5.98. The van der Waals surface area contributed by atoms with Gasteiger partial charge in [-0.2, -0.15) is 24.2 Å². The normalized spacial score (nSPS) is 15.3. The van der Waals surface area contributed by atoms with Crippen LogP contribution in [-0.2, 0) is 22.7 Å². The summed E-state index contributed by atoms with van der Waals surface area (Å²) in [4.78, 5) is 2.86. The first kappa shape index (κ1) is 21.9. The fourth-order valence-electron chi connectivity index (χ4n) is 3.04. The van der Waals surface area contributed by atoms with Crippen molar-refractivity contribution < 1.29 is 21.6 Å². The van der Waals surface area contributed by atoms with E-state index >= 15 is 0 Å². The monoisotopic (exact) mass is 444 g/mol. The standard InChI is InChI=1S/C16H19F3N8O2S/c17-16(18,19)11-6-5-10(9-3-1-8(2-4-9)7-23-15(20)21)12(13(11)30(22,28)29)14-24-26-27-25-14/h1-6,14,24-27H,7H2,(H4,20,21,23)(H2,22,28,29). The second kappa shape index (κ2) is 8.17. The van der Waals surface area contributed by atoms with Gasteiger partial charge < -0.3 is 11.5 Å². The van der Waals surface area contributed by atoms with Crippen LogP contribution in [0.2, 0.25) is 0 Å². The average molecular weight is 444 g/mol. The van der Waals surface area contributed by atoms with Gasteiger partial charge in [-0.25, -0.2) is 29.4 Å². The molecule has 3 rings (SSSR count). The smallest absolute Gasteiger partial charge is 0.370 e. The number of rotatable bonds is 5. The molecule has 162 valence electrons. The largest absolute Gasteiger partial charge is 0.417 e. The SMILES string of the molecule is NC(N)=NCc1ccc(-c2ccc(C(F)(F)F)c(S(N)(=O)=O)c2C2NNNN2)cc1. The third-order valence-electron chi connectivity index (χ3n) is 4.28. The maximum atomic E-state index is 13.6. The number of hydrogen-bond donors (Lipinski definition) is 7. The fourth-order valence-corrected chi connectivity index (χ4v) is 4.06. The van der Waals surface area contributed by atoms with Crippen LogP contribution in [0.15, 0.2) is 46.3 Å². The van der Waals surface area contributed by atoms with E-state index in [4.69, 9.17) is 16.6 Å². The number of benzene rings is 2. The van der Waals surface area contributed by atoms with Gasteiger partial charge in [0.2, 0.25) is 10.0 Å². The highest BCUT2D eigenvalue weighted by molar-refractivity contribution is 7.89. The molecule has 1 heterocycles. The topological polar surface area (TPSA) is 173 Å². The number of primary sulfonamides is 1. The summed E-state index contributed by atoms with van der Waals surface area (Å²) in [6, 6.07) is 8.47. The van der Waals surface area contributed by atoms with Crippen LogP contribution in [0.5, 0.6) is 0 Å². The zero-order valence-corrected chi connectivity index (χ0v) is 16.1. The molecule has 30 heavy (non-hydrogen) atoms. The van der Waals surface area contributed by atoms with E-state index in [9.17, 15) is 21.6 Å². The van der Waals surface area contributed by atoms with Gasteiger partial charge in [-0.1, -0.05) is 30.3 Å². The molecule has 0 saturated carbocycles. The van der Waals surface area contributed by atoms with E-state index in [1.165, 1.54) is 6.07 Å². The number of halogens is 3. The Bertz CT molecular complexity index is 1060. The molecule has 0 atom stereocenters. The van der Waals surface area contributed by atoms with E-state index in [2.05, 4.69) is 26.9 Å². The predicted molar refractivity (Wildman–Crippen MR) is 103 cm³/mol. The quantitative estimate of drug-likeness (QED) is 0.247. The first-order valence-corrected chi connectivity index (χ1v) is 9.96. The van der Waals surface area contributed by atoms with Gasteiger partial charge in [-0.3, -0.25) is 0 Å². The lowest BCUT2D eigenvalue weighted by Crippen LogP contribution is -2.33. The molecule has 0 bridgehead atoms. The molecular formula is C16H19F3N8O2S. The molecule has 0 radical (unpaired) electrons. The van der Waals surface area contributed by atoms with Crippen molar-refractivity contribution in [1.29, 1.82) is 0 Å². The molecule has 2 aromatic carbocycles. The minimum Gasteiger partial charge on any atom is -0.370 e. The summed E-state index contributed by atoms with van der Waals surface area (Å²) < 4.78 is 65.1. The zero-order chi connectivity index (χ0) is 22.1. The van der Waals surface area contributed by atoms with Crippen LogP contribution in [0, 0.1) is 0 Å². The molecule has 2 aromatic rings. The van der Waals surface area contributed by atoms with Crippen molar-refractivity contribution in [1.82, 2.24) is 21.9 Å². The molecular weight excluding hydrogens is 425 g/mol. The van der Waals surface area contributed by atoms with Gasteiger partial charge in [0.05, 0.1) is 12.1 Å². The van der Waals surface area contributed by atoms with E-state index in [0.717, 1.165) is 5.56 Å². The number of aliphatic imine (C=N–C) groups is 1. The Morgan fingerprint density at radius 2 is 1.63 bits per heavy atom. The number of hydrogen-bond acceptors (Lipinski definition) is 7. The van der Waals surface area contributed by atoms with Crippen LogP contribution in [0.4, 0.5) is 13.2 Å². The molecule has 1 aliphatic rings. The van der Waals surface area contributed by atoms with Crippen molar-refractivity contribution in [3.8, 4) is 11.1 Å². The van der Waals surface area contributed by atoms with Crippen molar-refractivity contribution in [2.24, 2.45) is 21.6 Å². The number of sulfonamides is 1. The Hall–Kier alpha value is -2.75. The van der Waals surface area contributed by atoms with E-state index in [1.807, 2.05) is 0 Å². The predicted octanol–water partition coefficient (Wildman–Crippen LogP) is -0.0912. The van der Waals surface area contributed by atoms with E-state index in [-0.39, 0.29) is 23.6 Å². The molecule has 1 fully saturated rings. The minimum atomic E-state index is -4.93. The fraction of sp³-hybridized carbons (Fsp3) is 0.188. The molecule has 0 unspecified atom stereocenters. The third-order valence-corrected chi connectivity index (χ3v) is 5.29. The highest BCUT2D eigenvalue weighted by Crippen LogP contribution is 2.41. The van der Waals surface area contributed by atoms with Gasteiger partial charge >= 0.3 is 6.18 Å². The summed E-state index contributed by atoms with van der Waals surface area (Å²) in [5.74, 6) is -0.0831. The van der Waals surface area contributed by atoms with E-state index in [0.29, 0.717) is 11.6 Å². The van der Waals surface area contributed by atoms with Crippen molar-refractivity contribution >= 4 is 16.0 Å².